The molecule has 1 aromatic carbocycles. The van der Waals surface area contributed by atoms with E-state index in [4.69, 9.17) is 11.6 Å². The van der Waals surface area contributed by atoms with Crippen molar-refractivity contribution in [3.8, 4) is 0 Å². The van der Waals surface area contributed by atoms with E-state index in [9.17, 15) is 4.39 Å². The molecule has 16 heavy (non-hydrogen) atoms. The van der Waals surface area contributed by atoms with Crippen LogP contribution < -0.4 is 5.32 Å². The topological polar surface area (TPSA) is 12.0 Å². The normalized spacial score (nSPS) is 12.8. The Hall–Kier alpha value is -0.600. The average Bonchev–Trinajstić information content (AvgIpc) is 2.28. The van der Waals surface area contributed by atoms with Crippen molar-refractivity contribution >= 4 is 11.6 Å². The number of nitrogens with one attached hydrogen (secondary N) is 1. The zero-order chi connectivity index (χ0) is 12.0. The van der Waals surface area contributed by atoms with E-state index >= 15 is 0 Å². The second-order valence-electron chi connectivity index (χ2n) is 3.96. The van der Waals surface area contributed by atoms with Gasteiger partial charge in [0, 0.05) is 16.6 Å². The molecule has 0 aliphatic carbocycles. The predicted molar refractivity (Wildman–Crippen MR) is 67.4 cm³/mol. The van der Waals surface area contributed by atoms with Crippen LogP contribution in [-0.4, -0.2) is 6.54 Å². The Balaban J connectivity index is 2.85. The van der Waals surface area contributed by atoms with Gasteiger partial charge in [-0.15, -0.1) is 0 Å². The molecule has 0 amide bonds. The van der Waals surface area contributed by atoms with Crippen LogP contribution in [0.2, 0.25) is 5.02 Å². The van der Waals surface area contributed by atoms with E-state index in [1.807, 2.05) is 0 Å². The van der Waals surface area contributed by atoms with Gasteiger partial charge < -0.3 is 5.32 Å². The molecule has 1 rings (SSSR count). The van der Waals surface area contributed by atoms with Gasteiger partial charge in [0.25, 0.3) is 0 Å². The van der Waals surface area contributed by atoms with Gasteiger partial charge in [-0.05, 0) is 37.6 Å². The lowest BCUT2D eigenvalue weighted by Gasteiger charge is -2.19. The monoisotopic (exact) mass is 243 g/mol. The molecule has 0 saturated heterocycles. The van der Waals surface area contributed by atoms with Crippen LogP contribution in [0.5, 0.6) is 0 Å². The third kappa shape index (κ3) is 3.76. The summed E-state index contributed by atoms with van der Waals surface area (Å²) < 4.78 is 13.7. The predicted octanol–water partition coefficient (Wildman–Crippen LogP) is 4.32. The summed E-state index contributed by atoms with van der Waals surface area (Å²) in [4.78, 5) is 0. The van der Waals surface area contributed by atoms with Crippen LogP contribution in [0.3, 0.4) is 0 Å². The Morgan fingerprint density at radius 3 is 2.69 bits per heavy atom. The SMILES string of the molecule is CCCNC(CCC)c1cc(Cl)ccc1F. The van der Waals surface area contributed by atoms with Crippen molar-refractivity contribution in [2.24, 2.45) is 0 Å². The number of hydrogen-bond acceptors (Lipinski definition) is 1. The molecular formula is C13H19ClFN. The second kappa shape index (κ2) is 6.87. The third-order valence-corrected chi connectivity index (χ3v) is 2.79. The fourth-order valence-electron chi connectivity index (χ4n) is 1.76. The van der Waals surface area contributed by atoms with Crippen molar-refractivity contribution in [1.29, 1.82) is 0 Å². The van der Waals surface area contributed by atoms with E-state index < -0.39 is 0 Å². The molecule has 0 spiro atoms. The Kier molecular flexibility index (Phi) is 5.78. The van der Waals surface area contributed by atoms with Gasteiger partial charge in [0.1, 0.15) is 5.82 Å². The Bertz CT molecular complexity index is 328. The average molecular weight is 244 g/mol. The molecule has 0 aliphatic rings. The first-order valence-corrected chi connectivity index (χ1v) is 6.25. The van der Waals surface area contributed by atoms with Crippen LogP contribution in [0.25, 0.3) is 0 Å². The van der Waals surface area contributed by atoms with E-state index in [1.165, 1.54) is 6.07 Å². The molecule has 0 fully saturated rings. The first-order chi connectivity index (χ1) is 7.69. The molecule has 1 aromatic rings. The number of hydrogen-bond donors (Lipinski definition) is 1. The molecule has 0 radical (unpaired) electrons. The van der Waals surface area contributed by atoms with E-state index in [2.05, 4.69) is 19.2 Å². The lowest BCUT2D eigenvalue weighted by atomic mass is 10.0. The maximum absolute atomic E-state index is 13.7. The number of rotatable bonds is 6. The second-order valence-corrected chi connectivity index (χ2v) is 4.40. The summed E-state index contributed by atoms with van der Waals surface area (Å²) in [5.41, 5.74) is 0.683. The molecule has 1 atom stereocenters. The minimum Gasteiger partial charge on any atom is -0.310 e. The van der Waals surface area contributed by atoms with Crippen molar-refractivity contribution in [3.05, 3.63) is 34.6 Å². The molecule has 0 heterocycles. The molecular weight excluding hydrogens is 225 g/mol. The maximum atomic E-state index is 13.7. The van der Waals surface area contributed by atoms with Gasteiger partial charge in [-0.2, -0.15) is 0 Å². The van der Waals surface area contributed by atoms with E-state index in [-0.39, 0.29) is 11.9 Å². The van der Waals surface area contributed by atoms with Crippen molar-refractivity contribution in [1.82, 2.24) is 5.32 Å². The van der Waals surface area contributed by atoms with E-state index in [0.29, 0.717) is 10.6 Å². The first-order valence-electron chi connectivity index (χ1n) is 5.87. The van der Waals surface area contributed by atoms with Gasteiger partial charge >= 0.3 is 0 Å². The Labute approximate surface area is 102 Å². The van der Waals surface area contributed by atoms with Crippen LogP contribution in [0.4, 0.5) is 4.39 Å². The minimum atomic E-state index is -0.175. The summed E-state index contributed by atoms with van der Waals surface area (Å²) >= 11 is 5.90. The highest BCUT2D eigenvalue weighted by atomic mass is 35.5. The zero-order valence-electron chi connectivity index (χ0n) is 9.89. The quantitative estimate of drug-likeness (QED) is 0.785. The van der Waals surface area contributed by atoms with Crippen LogP contribution >= 0.6 is 11.6 Å². The number of halogens is 2. The number of benzene rings is 1. The molecule has 3 heteroatoms. The summed E-state index contributed by atoms with van der Waals surface area (Å²) in [6.07, 6.45) is 2.99. The highest BCUT2D eigenvalue weighted by Gasteiger charge is 2.14. The summed E-state index contributed by atoms with van der Waals surface area (Å²) in [5.74, 6) is -0.175. The minimum absolute atomic E-state index is 0.0728. The highest BCUT2D eigenvalue weighted by molar-refractivity contribution is 6.30. The van der Waals surface area contributed by atoms with Crippen molar-refractivity contribution < 1.29 is 4.39 Å². The fraction of sp³-hybridized carbons (Fsp3) is 0.538. The van der Waals surface area contributed by atoms with Crippen molar-refractivity contribution in [2.75, 3.05) is 6.54 Å². The Morgan fingerprint density at radius 2 is 2.06 bits per heavy atom. The molecule has 1 unspecified atom stereocenters. The summed E-state index contributed by atoms with van der Waals surface area (Å²) in [6.45, 7) is 5.10. The first kappa shape index (κ1) is 13.5. The van der Waals surface area contributed by atoms with Crippen LogP contribution in [0, 0.1) is 5.82 Å². The van der Waals surface area contributed by atoms with Crippen molar-refractivity contribution in [2.45, 2.75) is 39.2 Å². The van der Waals surface area contributed by atoms with Gasteiger partial charge in [-0.25, -0.2) is 4.39 Å². The third-order valence-electron chi connectivity index (χ3n) is 2.55. The molecule has 0 aromatic heterocycles. The standard InChI is InChI=1S/C13H19ClFN/c1-3-5-13(16-8-4-2)11-9-10(14)6-7-12(11)15/h6-7,9,13,16H,3-5,8H2,1-2H3. The lowest BCUT2D eigenvalue weighted by Crippen LogP contribution is -2.23. The summed E-state index contributed by atoms with van der Waals surface area (Å²) in [6, 6.07) is 4.82. The van der Waals surface area contributed by atoms with Gasteiger partial charge in [-0.1, -0.05) is 31.9 Å². The Morgan fingerprint density at radius 1 is 1.31 bits per heavy atom. The van der Waals surface area contributed by atoms with Crippen LogP contribution in [0.15, 0.2) is 18.2 Å². The van der Waals surface area contributed by atoms with Gasteiger partial charge in [0.15, 0.2) is 0 Å². The van der Waals surface area contributed by atoms with Crippen LogP contribution in [-0.2, 0) is 0 Å². The molecule has 0 aliphatic heterocycles. The smallest absolute Gasteiger partial charge is 0.128 e. The van der Waals surface area contributed by atoms with Gasteiger partial charge in [0.2, 0.25) is 0 Å². The largest absolute Gasteiger partial charge is 0.310 e. The van der Waals surface area contributed by atoms with Crippen molar-refractivity contribution in [3.63, 3.8) is 0 Å². The molecule has 1 N–H and O–H groups in total. The molecule has 90 valence electrons. The molecule has 0 bridgehead atoms. The van der Waals surface area contributed by atoms with Gasteiger partial charge in [0.05, 0.1) is 0 Å². The zero-order valence-corrected chi connectivity index (χ0v) is 10.6. The van der Waals surface area contributed by atoms with Gasteiger partial charge in [-0.3, -0.25) is 0 Å². The molecule has 0 saturated carbocycles. The summed E-state index contributed by atoms with van der Waals surface area (Å²) in [7, 11) is 0. The van der Waals surface area contributed by atoms with E-state index in [0.717, 1.165) is 25.8 Å². The van der Waals surface area contributed by atoms with Crippen LogP contribution in [0.1, 0.15) is 44.7 Å². The fourth-order valence-corrected chi connectivity index (χ4v) is 1.94. The lowest BCUT2D eigenvalue weighted by molar-refractivity contribution is 0.469. The highest BCUT2D eigenvalue weighted by Crippen LogP contribution is 2.24. The van der Waals surface area contributed by atoms with E-state index in [1.54, 1.807) is 12.1 Å². The molecule has 1 nitrogen and oxygen atoms in total. The summed E-state index contributed by atoms with van der Waals surface area (Å²) in [5, 5.41) is 3.95. The maximum Gasteiger partial charge on any atom is 0.128 e.